The monoisotopic (exact) mass is 321 g/mol. The van der Waals surface area contributed by atoms with Gasteiger partial charge in [-0.3, -0.25) is 0 Å². The molecule has 0 aliphatic carbocycles. The quantitative estimate of drug-likeness (QED) is 0.519. The number of nitrogens with zero attached hydrogens (tertiary/aromatic N) is 5. The van der Waals surface area contributed by atoms with Gasteiger partial charge in [0.1, 0.15) is 5.75 Å². The number of H-pyrrole nitrogens is 2. The maximum absolute atomic E-state index is 12.3. The fraction of sp³-hybridized carbons (Fsp3) is 0. The normalized spacial score (nSPS) is 10.8. The number of rotatable bonds is 3. The predicted octanol–water partition coefficient (Wildman–Crippen LogP) is 1.11. The molecule has 9 nitrogen and oxygen atoms in total. The number of benzene rings is 2. The second-order valence-electron chi connectivity index (χ2n) is 4.96. The third kappa shape index (κ3) is 2.15. The van der Waals surface area contributed by atoms with Gasteiger partial charge in [-0.1, -0.05) is 24.3 Å². The first-order chi connectivity index (χ1) is 11.8. The van der Waals surface area contributed by atoms with Gasteiger partial charge in [0.05, 0.1) is 11.3 Å². The summed E-state index contributed by atoms with van der Waals surface area (Å²) >= 11 is 0. The summed E-state index contributed by atoms with van der Waals surface area (Å²) in [7, 11) is 0. The average Bonchev–Trinajstić information content (AvgIpc) is 3.25. The summed E-state index contributed by atoms with van der Waals surface area (Å²) in [4.78, 5) is 12.3. The standard InChI is InChI=1S/C15H11N7O2/c23-12-8-4-2-6-10(12)14-18-19-15(24)22(14)11-7-3-1-5-9(11)13-16-20-21-17-13/h1-8,23H,(H,19,24)(H,16,17,20,21). The molecule has 0 saturated carbocycles. The van der Waals surface area contributed by atoms with Crippen molar-refractivity contribution in [3.63, 3.8) is 0 Å². The van der Waals surface area contributed by atoms with Crippen molar-refractivity contribution >= 4 is 0 Å². The molecule has 2 aromatic heterocycles. The van der Waals surface area contributed by atoms with Gasteiger partial charge in [0.25, 0.3) is 0 Å². The lowest BCUT2D eigenvalue weighted by Gasteiger charge is -2.10. The van der Waals surface area contributed by atoms with Crippen molar-refractivity contribution in [2.75, 3.05) is 0 Å². The topological polar surface area (TPSA) is 125 Å². The van der Waals surface area contributed by atoms with E-state index in [1.807, 2.05) is 0 Å². The van der Waals surface area contributed by atoms with E-state index in [1.165, 1.54) is 10.6 Å². The lowest BCUT2D eigenvalue weighted by Crippen LogP contribution is -2.16. The molecular weight excluding hydrogens is 310 g/mol. The van der Waals surface area contributed by atoms with Crippen LogP contribution < -0.4 is 5.69 Å². The number of nitrogens with one attached hydrogen (secondary N) is 2. The number of aromatic hydroxyl groups is 1. The number of aromatic amines is 2. The van der Waals surface area contributed by atoms with Gasteiger partial charge in [0.15, 0.2) is 5.82 Å². The van der Waals surface area contributed by atoms with E-state index in [2.05, 4.69) is 30.8 Å². The molecule has 0 atom stereocenters. The zero-order chi connectivity index (χ0) is 16.5. The van der Waals surface area contributed by atoms with Crippen LogP contribution in [0.15, 0.2) is 53.3 Å². The predicted molar refractivity (Wildman–Crippen MR) is 84.5 cm³/mol. The van der Waals surface area contributed by atoms with Crippen LogP contribution in [-0.2, 0) is 0 Å². The molecule has 0 aliphatic heterocycles. The minimum absolute atomic E-state index is 0.0230. The fourth-order valence-electron chi connectivity index (χ4n) is 2.50. The summed E-state index contributed by atoms with van der Waals surface area (Å²) in [5.74, 6) is 0.658. The first-order valence-electron chi connectivity index (χ1n) is 7.04. The molecule has 0 bridgehead atoms. The van der Waals surface area contributed by atoms with Crippen LogP contribution in [0.2, 0.25) is 0 Å². The van der Waals surface area contributed by atoms with Crippen LogP contribution in [-0.4, -0.2) is 40.5 Å². The van der Waals surface area contributed by atoms with Gasteiger partial charge in [-0.15, -0.1) is 10.2 Å². The third-order valence-electron chi connectivity index (χ3n) is 3.55. The highest BCUT2D eigenvalue weighted by atomic mass is 16.3. The van der Waals surface area contributed by atoms with E-state index in [0.717, 1.165) is 0 Å². The van der Waals surface area contributed by atoms with Crippen molar-refractivity contribution in [1.82, 2.24) is 35.4 Å². The molecule has 2 aromatic carbocycles. The van der Waals surface area contributed by atoms with Crippen LogP contribution in [0.5, 0.6) is 5.75 Å². The van der Waals surface area contributed by atoms with Crippen LogP contribution in [0.3, 0.4) is 0 Å². The largest absolute Gasteiger partial charge is 0.507 e. The Morgan fingerprint density at radius 2 is 1.71 bits per heavy atom. The van der Waals surface area contributed by atoms with Crippen molar-refractivity contribution in [2.45, 2.75) is 0 Å². The molecule has 0 aliphatic rings. The van der Waals surface area contributed by atoms with Crippen LogP contribution in [0.25, 0.3) is 28.5 Å². The second kappa shape index (κ2) is 5.47. The summed E-state index contributed by atoms with van der Waals surface area (Å²) in [6, 6.07) is 13.8. The SMILES string of the molecule is O=c1[nH]nc(-c2ccccc2O)n1-c1ccccc1-c1nn[nH]n1. The van der Waals surface area contributed by atoms with E-state index >= 15 is 0 Å². The zero-order valence-corrected chi connectivity index (χ0v) is 12.2. The molecule has 0 spiro atoms. The van der Waals surface area contributed by atoms with E-state index in [-0.39, 0.29) is 11.6 Å². The lowest BCUT2D eigenvalue weighted by atomic mass is 10.1. The molecule has 4 aromatic rings. The Labute approximate surface area is 134 Å². The Hall–Kier alpha value is -3.75. The Morgan fingerprint density at radius 3 is 2.46 bits per heavy atom. The molecule has 3 N–H and O–H groups in total. The minimum atomic E-state index is -0.441. The van der Waals surface area contributed by atoms with Crippen LogP contribution >= 0.6 is 0 Å². The first kappa shape index (κ1) is 13.9. The average molecular weight is 321 g/mol. The summed E-state index contributed by atoms with van der Waals surface area (Å²) in [6.45, 7) is 0. The number of aromatic nitrogens is 7. The third-order valence-corrected chi connectivity index (χ3v) is 3.55. The lowest BCUT2D eigenvalue weighted by molar-refractivity contribution is 0.476. The van der Waals surface area contributed by atoms with Crippen molar-refractivity contribution < 1.29 is 5.11 Å². The molecule has 0 fully saturated rings. The van der Waals surface area contributed by atoms with E-state index in [9.17, 15) is 9.90 Å². The van der Waals surface area contributed by atoms with Gasteiger partial charge < -0.3 is 5.11 Å². The highest BCUT2D eigenvalue weighted by molar-refractivity contribution is 5.71. The van der Waals surface area contributed by atoms with Gasteiger partial charge in [0.2, 0.25) is 5.82 Å². The molecular formula is C15H11N7O2. The van der Waals surface area contributed by atoms with E-state index in [4.69, 9.17) is 0 Å². The Balaban J connectivity index is 1.99. The number of hydrogen-bond acceptors (Lipinski definition) is 6. The smallest absolute Gasteiger partial charge is 0.348 e. The molecule has 2 heterocycles. The highest BCUT2D eigenvalue weighted by Crippen LogP contribution is 2.30. The van der Waals surface area contributed by atoms with Crippen molar-refractivity contribution in [3.8, 4) is 34.2 Å². The van der Waals surface area contributed by atoms with Gasteiger partial charge in [-0.05, 0) is 29.5 Å². The van der Waals surface area contributed by atoms with Gasteiger partial charge in [-0.25, -0.2) is 14.5 Å². The van der Waals surface area contributed by atoms with Gasteiger partial charge >= 0.3 is 5.69 Å². The van der Waals surface area contributed by atoms with Crippen molar-refractivity contribution in [2.24, 2.45) is 0 Å². The fourth-order valence-corrected chi connectivity index (χ4v) is 2.50. The van der Waals surface area contributed by atoms with Crippen LogP contribution in [0.4, 0.5) is 0 Å². The van der Waals surface area contributed by atoms with Gasteiger partial charge in [-0.2, -0.15) is 10.3 Å². The second-order valence-corrected chi connectivity index (χ2v) is 4.96. The number of tetrazole rings is 1. The Bertz CT molecular complexity index is 1050. The van der Waals surface area contributed by atoms with E-state index < -0.39 is 5.69 Å². The summed E-state index contributed by atoms with van der Waals surface area (Å²) in [5.41, 5.74) is 1.12. The first-order valence-corrected chi connectivity index (χ1v) is 7.04. The number of hydrogen-bond donors (Lipinski definition) is 3. The molecule has 24 heavy (non-hydrogen) atoms. The highest BCUT2D eigenvalue weighted by Gasteiger charge is 2.19. The maximum Gasteiger partial charge on any atom is 0.348 e. The van der Waals surface area contributed by atoms with Crippen molar-refractivity contribution in [1.29, 1.82) is 0 Å². The van der Waals surface area contributed by atoms with E-state index in [1.54, 1.807) is 42.5 Å². The van der Waals surface area contributed by atoms with Crippen LogP contribution in [0, 0.1) is 0 Å². The van der Waals surface area contributed by atoms with E-state index in [0.29, 0.717) is 22.6 Å². The minimum Gasteiger partial charge on any atom is -0.507 e. The molecule has 0 saturated heterocycles. The summed E-state index contributed by atoms with van der Waals surface area (Å²) in [5, 5.41) is 30.4. The number of phenolic OH excluding ortho intramolecular Hbond substituents is 1. The molecule has 0 unspecified atom stereocenters. The molecule has 0 amide bonds. The number of para-hydroxylation sites is 2. The molecule has 118 valence electrons. The Morgan fingerprint density at radius 1 is 0.958 bits per heavy atom. The summed E-state index contributed by atoms with van der Waals surface area (Å²) in [6.07, 6.45) is 0. The summed E-state index contributed by atoms with van der Waals surface area (Å²) < 4.78 is 1.36. The molecule has 0 radical (unpaired) electrons. The van der Waals surface area contributed by atoms with Crippen LogP contribution in [0.1, 0.15) is 0 Å². The van der Waals surface area contributed by atoms with Gasteiger partial charge in [0, 0.05) is 5.56 Å². The number of phenols is 1. The maximum atomic E-state index is 12.3. The molecule has 4 rings (SSSR count). The Kier molecular flexibility index (Phi) is 3.16. The molecule has 9 heteroatoms. The van der Waals surface area contributed by atoms with Crippen molar-refractivity contribution in [3.05, 3.63) is 59.0 Å². The zero-order valence-electron chi connectivity index (χ0n) is 12.2.